The lowest BCUT2D eigenvalue weighted by atomic mass is 9.82. The van der Waals surface area contributed by atoms with Crippen LogP contribution in [-0.2, 0) is 12.6 Å². The van der Waals surface area contributed by atoms with Crippen molar-refractivity contribution in [2.24, 2.45) is 0 Å². The number of rotatable bonds is 3. The molecule has 2 aromatic heterocycles. The Morgan fingerprint density at radius 1 is 1.14 bits per heavy atom. The molecule has 28 heavy (non-hydrogen) atoms. The van der Waals surface area contributed by atoms with Gasteiger partial charge in [-0.3, -0.25) is 4.79 Å². The molecule has 0 unspecified atom stereocenters. The molecule has 1 aliphatic carbocycles. The van der Waals surface area contributed by atoms with Gasteiger partial charge in [0.2, 0.25) is 0 Å². The third-order valence-electron chi connectivity index (χ3n) is 4.72. The number of Topliss-reactive ketones (excluding diaryl/α,β-unsaturated/α-hetero) is 1. The Kier molecular flexibility index (Phi) is 4.20. The van der Waals surface area contributed by atoms with E-state index in [2.05, 4.69) is 15.1 Å². The van der Waals surface area contributed by atoms with Crippen LogP contribution in [0.25, 0.3) is 5.78 Å². The van der Waals surface area contributed by atoms with Crippen molar-refractivity contribution in [3.63, 3.8) is 0 Å². The third-order valence-corrected chi connectivity index (χ3v) is 4.72. The molecule has 10 heteroatoms. The number of hydrogen-bond acceptors (Lipinski definition) is 6. The molecule has 0 saturated heterocycles. The highest BCUT2D eigenvalue weighted by Crippen LogP contribution is 2.38. The average Bonchev–Trinajstić information content (AvgIpc) is 3.09. The fraction of sp³-hybridized carbons (Fsp3) is 0.333. The Bertz CT molecular complexity index is 1080. The van der Waals surface area contributed by atoms with Crippen LogP contribution in [0.1, 0.15) is 39.8 Å². The first-order valence-electron chi connectivity index (χ1n) is 8.38. The molecule has 0 bridgehead atoms. The van der Waals surface area contributed by atoms with Gasteiger partial charge >= 0.3 is 6.18 Å². The molecule has 1 aromatic carbocycles. The first-order valence-corrected chi connectivity index (χ1v) is 8.38. The van der Waals surface area contributed by atoms with Gasteiger partial charge in [-0.25, -0.2) is 9.50 Å². The Labute approximate surface area is 157 Å². The van der Waals surface area contributed by atoms with Gasteiger partial charge in [-0.2, -0.15) is 18.2 Å². The summed E-state index contributed by atoms with van der Waals surface area (Å²) < 4.78 is 50.0. The minimum Gasteiger partial charge on any atom is -0.497 e. The van der Waals surface area contributed by atoms with Crippen LogP contribution in [0.3, 0.4) is 0 Å². The van der Waals surface area contributed by atoms with Crippen molar-refractivity contribution in [3.05, 3.63) is 47.0 Å². The smallest absolute Gasteiger partial charge is 0.453 e. The van der Waals surface area contributed by atoms with Crippen molar-refractivity contribution in [2.75, 3.05) is 14.2 Å². The SMILES string of the molecule is COc1ccc([C@@H]2CC(=O)c3cn4nc(C(F)(F)F)nc4nc3C2)c(OC)c1. The Hall–Kier alpha value is -3.17. The highest BCUT2D eigenvalue weighted by atomic mass is 19.4. The number of methoxy groups -OCH3 is 2. The molecular weight excluding hydrogens is 377 g/mol. The van der Waals surface area contributed by atoms with Crippen LogP contribution in [0.4, 0.5) is 13.2 Å². The number of nitrogens with zero attached hydrogens (tertiary/aromatic N) is 4. The molecule has 0 saturated carbocycles. The summed E-state index contributed by atoms with van der Waals surface area (Å²) in [5.74, 6) is -0.734. The molecule has 0 spiro atoms. The van der Waals surface area contributed by atoms with E-state index in [1.807, 2.05) is 6.07 Å². The number of alkyl halides is 3. The molecule has 0 fully saturated rings. The highest BCUT2D eigenvalue weighted by Gasteiger charge is 2.37. The molecule has 0 radical (unpaired) electrons. The van der Waals surface area contributed by atoms with Gasteiger partial charge in [-0.15, -0.1) is 5.10 Å². The van der Waals surface area contributed by atoms with Gasteiger partial charge in [0, 0.05) is 24.6 Å². The predicted octanol–water partition coefficient (Wildman–Crippen LogP) is 3.07. The van der Waals surface area contributed by atoms with E-state index in [1.165, 1.54) is 20.4 Å². The highest BCUT2D eigenvalue weighted by molar-refractivity contribution is 5.98. The van der Waals surface area contributed by atoms with Crippen LogP contribution in [0, 0.1) is 0 Å². The summed E-state index contributed by atoms with van der Waals surface area (Å²) in [6.07, 6.45) is -2.86. The standard InChI is InChI=1S/C18H15F3N4O3/c1-27-10-3-4-11(15(7-10)28-2)9-5-13-12(14(26)6-9)8-25-17(22-13)23-16(24-25)18(19,20)21/h3-4,7-9H,5-6H2,1-2H3/t9-/m0/s1. The zero-order chi connectivity index (χ0) is 20.1. The van der Waals surface area contributed by atoms with E-state index in [1.54, 1.807) is 12.1 Å². The number of halogens is 3. The minimum atomic E-state index is -4.68. The van der Waals surface area contributed by atoms with Gasteiger partial charge in [0.1, 0.15) is 11.5 Å². The van der Waals surface area contributed by atoms with Crippen molar-refractivity contribution in [1.82, 2.24) is 19.6 Å². The summed E-state index contributed by atoms with van der Waals surface area (Å²) in [6, 6.07) is 5.31. The fourth-order valence-electron chi connectivity index (χ4n) is 3.38. The van der Waals surface area contributed by atoms with Crippen molar-refractivity contribution >= 4 is 11.6 Å². The number of benzene rings is 1. The summed E-state index contributed by atoms with van der Waals surface area (Å²) in [4.78, 5) is 20.3. The van der Waals surface area contributed by atoms with Crippen LogP contribution in [0.5, 0.6) is 11.5 Å². The number of hydrogen-bond donors (Lipinski definition) is 0. The first kappa shape index (κ1) is 18.2. The van der Waals surface area contributed by atoms with Gasteiger partial charge in [0.25, 0.3) is 11.6 Å². The number of ketones is 1. The number of fused-ring (bicyclic) bond motifs is 2. The van der Waals surface area contributed by atoms with Gasteiger partial charge < -0.3 is 9.47 Å². The Balaban J connectivity index is 1.75. The molecular formula is C18H15F3N4O3. The molecule has 7 nitrogen and oxygen atoms in total. The second-order valence-corrected chi connectivity index (χ2v) is 6.42. The van der Waals surface area contributed by atoms with Crippen molar-refractivity contribution < 1.29 is 27.4 Å². The topological polar surface area (TPSA) is 78.6 Å². The molecule has 2 heterocycles. The van der Waals surface area contributed by atoms with Gasteiger partial charge in [0.15, 0.2) is 5.78 Å². The van der Waals surface area contributed by atoms with E-state index in [0.29, 0.717) is 23.6 Å². The Morgan fingerprint density at radius 3 is 2.61 bits per heavy atom. The molecule has 1 aliphatic rings. The van der Waals surface area contributed by atoms with Crippen molar-refractivity contribution in [2.45, 2.75) is 24.9 Å². The zero-order valence-electron chi connectivity index (χ0n) is 14.9. The lowest BCUT2D eigenvalue weighted by molar-refractivity contribution is -0.144. The normalized spacial score (nSPS) is 16.9. The summed E-state index contributed by atoms with van der Waals surface area (Å²) >= 11 is 0. The quantitative estimate of drug-likeness (QED) is 0.682. The van der Waals surface area contributed by atoms with Crippen LogP contribution in [0.15, 0.2) is 24.4 Å². The maximum atomic E-state index is 12.9. The number of carbonyl (C=O) groups is 1. The van der Waals surface area contributed by atoms with Crippen molar-refractivity contribution in [1.29, 1.82) is 0 Å². The van der Waals surface area contributed by atoms with Gasteiger partial charge in [-0.1, -0.05) is 6.07 Å². The second-order valence-electron chi connectivity index (χ2n) is 6.42. The number of aromatic nitrogens is 4. The van der Waals surface area contributed by atoms with Crippen LogP contribution in [-0.4, -0.2) is 39.6 Å². The maximum absolute atomic E-state index is 12.9. The predicted molar refractivity (Wildman–Crippen MR) is 90.7 cm³/mol. The van der Waals surface area contributed by atoms with Gasteiger partial charge in [-0.05, 0) is 18.1 Å². The summed E-state index contributed by atoms with van der Waals surface area (Å²) in [5.41, 5.74) is 1.46. The van der Waals surface area contributed by atoms with E-state index < -0.39 is 12.0 Å². The number of ether oxygens (including phenoxy) is 2. The third kappa shape index (κ3) is 3.04. The molecule has 146 valence electrons. The molecule has 0 amide bonds. The van der Waals surface area contributed by atoms with Crippen LogP contribution < -0.4 is 9.47 Å². The van der Waals surface area contributed by atoms with Crippen LogP contribution >= 0.6 is 0 Å². The molecule has 0 aliphatic heterocycles. The summed E-state index contributed by atoms with van der Waals surface area (Å²) in [5, 5.41) is 3.38. The zero-order valence-corrected chi connectivity index (χ0v) is 14.9. The summed E-state index contributed by atoms with van der Waals surface area (Å²) in [7, 11) is 3.06. The lowest BCUT2D eigenvalue weighted by Crippen LogP contribution is -2.21. The second kappa shape index (κ2) is 6.47. The Morgan fingerprint density at radius 2 is 1.93 bits per heavy atom. The number of carbonyl (C=O) groups excluding carboxylic acids is 1. The fourth-order valence-corrected chi connectivity index (χ4v) is 3.38. The first-order chi connectivity index (χ1) is 13.3. The average molecular weight is 392 g/mol. The van der Waals surface area contributed by atoms with E-state index in [0.717, 1.165) is 10.1 Å². The van der Waals surface area contributed by atoms with Crippen LogP contribution in [0.2, 0.25) is 0 Å². The minimum absolute atomic E-state index is 0.184. The van der Waals surface area contributed by atoms with E-state index >= 15 is 0 Å². The molecule has 3 aromatic rings. The largest absolute Gasteiger partial charge is 0.497 e. The molecule has 4 rings (SSSR count). The maximum Gasteiger partial charge on any atom is 0.453 e. The van der Waals surface area contributed by atoms with E-state index in [4.69, 9.17) is 9.47 Å². The molecule has 0 N–H and O–H groups in total. The van der Waals surface area contributed by atoms with E-state index in [-0.39, 0.29) is 29.5 Å². The summed E-state index contributed by atoms with van der Waals surface area (Å²) in [6.45, 7) is 0. The van der Waals surface area contributed by atoms with E-state index in [9.17, 15) is 18.0 Å². The molecule has 1 atom stereocenters. The monoisotopic (exact) mass is 392 g/mol. The van der Waals surface area contributed by atoms with Gasteiger partial charge in [0.05, 0.1) is 25.5 Å². The lowest BCUT2D eigenvalue weighted by Gasteiger charge is -2.24. The van der Waals surface area contributed by atoms with Crippen molar-refractivity contribution in [3.8, 4) is 11.5 Å².